The fourth-order valence-corrected chi connectivity index (χ4v) is 7.05. The van der Waals surface area contributed by atoms with Crippen LogP contribution in [-0.4, -0.2) is 81.2 Å². The summed E-state index contributed by atoms with van der Waals surface area (Å²) >= 11 is 0. The van der Waals surface area contributed by atoms with E-state index in [1.165, 1.54) is 0 Å². The lowest BCUT2D eigenvalue weighted by Gasteiger charge is -2.27. The molecule has 3 amide bonds. The highest BCUT2D eigenvalue weighted by Crippen LogP contribution is 2.28. The Morgan fingerprint density at radius 1 is 0.889 bits per heavy atom. The Bertz CT molecular complexity index is 1720. The minimum Gasteiger partial charge on any atom is -0.434 e. The van der Waals surface area contributed by atoms with Crippen LogP contribution in [0.5, 0.6) is 0 Å². The van der Waals surface area contributed by atoms with Gasteiger partial charge in [-0.3, -0.25) is 9.59 Å². The van der Waals surface area contributed by atoms with Gasteiger partial charge in [0.05, 0.1) is 24.9 Å². The van der Waals surface area contributed by atoms with Crippen LogP contribution in [0.15, 0.2) is 83.3 Å². The van der Waals surface area contributed by atoms with E-state index in [1.807, 2.05) is 30.3 Å². The molecule has 2 N–H and O–H groups in total. The number of oxazole rings is 1. The van der Waals surface area contributed by atoms with Crippen LogP contribution in [0, 0.1) is 6.92 Å². The molecule has 0 bridgehead atoms. The first-order valence-electron chi connectivity index (χ1n) is 14.8. The van der Waals surface area contributed by atoms with Gasteiger partial charge in [0, 0.05) is 26.2 Å². The summed E-state index contributed by atoms with van der Waals surface area (Å²) in [6.45, 7) is 3.31. The van der Waals surface area contributed by atoms with Gasteiger partial charge in [0.2, 0.25) is 11.7 Å². The Morgan fingerprint density at radius 3 is 2.31 bits per heavy atom. The Morgan fingerprint density at radius 2 is 1.58 bits per heavy atom. The number of ether oxygens (including phenoxy) is 1. The number of urea groups is 1. The zero-order valence-electron chi connectivity index (χ0n) is 25.0. The average molecular weight is 633 g/mol. The number of hydrogen-bond acceptors (Lipinski definition) is 8. The zero-order chi connectivity index (χ0) is 31.8. The lowest BCUT2D eigenvalue weighted by Crippen LogP contribution is -2.47. The number of nitrogens with one attached hydrogen (secondary N) is 2. The van der Waals surface area contributed by atoms with Crippen LogP contribution in [0.3, 0.4) is 0 Å². The van der Waals surface area contributed by atoms with Crippen molar-refractivity contribution in [3.05, 3.63) is 101 Å². The topological polar surface area (TPSA) is 148 Å². The van der Waals surface area contributed by atoms with Crippen molar-refractivity contribution in [2.24, 2.45) is 0 Å². The summed E-state index contributed by atoms with van der Waals surface area (Å²) in [5.41, 5.74) is 2.78. The number of benzene rings is 3. The quantitative estimate of drug-likeness (QED) is 0.224. The van der Waals surface area contributed by atoms with Gasteiger partial charge < -0.3 is 24.7 Å². The molecule has 11 nitrogen and oxygen atoms in total. The van der Waals surface area contributed by atoms with Gasteiger partial charge in [-0.15, -0.1) is 0 Å². The number of carbonyl (C=O) groups excluding carboxylic acids is 3. The third-order valence-electron chi connectivity index (χ3n) is 7.78. The highest BCUT2D eigenvalue weighted by Gasteiger charge is 2.35. The standard InChI is InChI=1S/C33H36N4O7S/c1-23-9-5-6-12-25(23)30(45(41,42)22-17-35-33(40)37-18-20-43-21-19-37)31(39)34-16-15-26(24-10-3-2-4-11-24)29(38)32-36-27-13-7-8-14-28(27)44-32/h2-14,26,30H,15-22H2,1H3,(H,34,39)(H,35,40). The van der Waals surface area contributed by atoms with Gasteiger partial charge in [0.15, 0.2) is 20.7 Å². The Balaban J connectivity index is 1.30. The van der Waals surface area contributed by atoms with Crippen LogP contribution in [-0.2, 0) is 19.4 Å². The monoisotopic (exact) mass is 632 g/mol. The van der Waals surface area contributed by atoms with Crippen molar-refractivity contribution in [2.45, 2.75) is 24.5 Å². The summed E-state index contributed by atoms with van der Waals surface area (Å²) in [4.78, 5) is 45.7. The number of hydrogen-bond donors (Lipinski definition) is 2. The van der Waals surface area contributed by atoms with Crippen LogP contribution >= 0.6 is 0 Å². The fourth-order valence-electron chi connectivity index (χ4n) is 5.37. The molecule has 0 radical (unpaired) electrons. The largest absolute Gasteiger partial charge is 0.434 e. The summed E-state index contributed by atoms with van der Waals surface area (Å²) in [6, 6.07) is 22.6. The van der Waals surface area contributed by atoms with Crippen molar-refractivity contribution in [2.75, 3.05) is 45.1 Å². The molecule has 2 atom stereocenters. The number of morpholine rings is 1. The van der Waals surface area contributed by atoms with Crippen molar-refractivity contribution in [1.82, 2.24) is 20.5 Å². The maximum absolute atomic E-state index is 13.7. The highest BCUT2D eigenvalue weighted by atomic mass is 32.2. The van der Waals surface area contributed by atoms with E-state index >= 15 is 0 Å². The molecule has 1 aliphatic heterocycles. The van der Waals surface area contributed by atoms with E-state index in [2.05, 4.69) is 15.6 Å². The first-order valence-corrected chi connectivity index (χ1v) is 16.6. The van der Waals surface area contributed by atoms with Crippen LogP contribution < -0.4 is 10.6 Å². The van der Waals surface area contributed by atoms with E-state index in [1.54, 1.807) is 60.4 Å². The number of carbonyl (C=O) groups is 3. The molecule has 1 fully saturated rings. The molecule has 0 aliphatic carbocycles. The molecule has 236 valence electrons. The van der Waals surface area contributed by atoms with Gasteiger partial charge in [0.1, 0.15) is 5.52 Å². The zero-order valence-corrected chi connectivity index (χ0v) is 25.8. The summed E-state index contributed by atoms with van der Waals surface area (Å²) in [5.74, 6) is -2.20. The Labute approximate surface area is 261 Å². The predicted molar refractivity (Wildman–Crippen MR) is 169 cm³/mol. The Hall–Kier alpha value is -4.55. The maximum atomic E-state index is 13.7. The number of aryl methyl sites for hydroxylation is 1. The molecule has 4 aromatic rings. The SMILES string of the molecule is Cc1ccccc1C(C(=O)NCCC(C(=O)c1nc2ccccc2o1)c1ccccc1)S(=O)(=O)CCNC(=O)N1CCOCC1. The van der Waals surface area contributed by atoms with Gasteiger partial charge in [-0.05, 0) is 42.2 Å². The van der Waals surface area contributed by atoms with Gasteiger partial charge in [0.25, 0.3) is 5.89 Å². The van der Waals surface area contributed by atoms with Crippen molar-refractivity contribution < 1.29 is 32.0 Å². The van der Waals surface area contributed by atoms with E-state index in [0.29, 0.717) is 48.5 Å². The number of rotatable bonds is 12. The van der Waals surface area contributed by atoms with E-state index in [0.717, 1.165) is 5.56 Å². The fraction of sp³-hybridized carbons (Fsp3) is 0.333. The maximum Gasteiger partial charge on any atom is 0.317 e. The summed E-state index contributed by atoms with van der Waals surface area (Å²) < 4.78 is 38.3. The van der Waals surface area contributed by atoms with Gasteiger partial charge in [-0.2, -0.15) is 0 Å². The molecule has 1 aromatic heterocycles. The summed E-state index contributed by atoms with van der Waals surface area (Å²) in [6.07, 6.45) is 0.184. The third-order valence-corrected chi connectivity index (χ3v) is 9.74. The average Bonchev–Trinajstić information content (AvgIpc) is 3.49. The number of sulfone groups is 1. The molecule has 45 heavy (non-hydrogen) atoms. The molecule has 0 spiro atoms. The van der Waals surface area contributed by atoms with Crippen molar-refractivity contribution >= 4 is 38.7 Å². The second-order valence-electron chi connectivity index (χ2n) is 10.8. The molecule has 1 saturated heterocycles. The molecular formula is C33H36N4O7S. The number of Topliss-reactive ketones (excluding diaryl/α,β-unsaturated/α-hetero) is 1. The number of ketones is 1. The Kier molecular flexibility index (Phi) is 10.3. The van der Waals surface area contributed by atoms with Crippen LogP contribution in [0.25, 0.3) is 11.1 Å². The number of para-hydroxylation sites is 2. The molecule has 5 rings (SSSR count). The minimum atomic E-state index is -4.06. The first-order chi connectivity index (χ1) is 21.7. The molecule has 1 aliphatic rings. The number of amides is 3. The lowest BCUT2D eigenvalue weighted by molar-refractivity contribution is -0.120. The smallest absolute Gasteiger partial charge is 0.317 e. The molecule has 3 aromatic carbocycles. The van der Waals surface area contributed by atoms with Crippen molar-refractivity contribution in [3.8, 4) is 0 Å². The van der Waals surface area contributed by atoms with E-state index in [-0.39, 0.29) is 37.2 Å². The van der Waals surface area contributed by atoms with Gasteiger partial charge >= 0.3 is 6.03 Å². The first kappa shape index (κ1) is 31.9. The molecule has 2 unspecified atom stereocenters. The van der Waals surface area contributed by atoms with Crippen LogP contribution in [0.4, 0.5) is 4.79 Å². The molecular weight excluding hydrogens is 596 g/mol. The summed E-state index contributed by atoms with van der Waals surface area (Å²) in [7, 11) is -4.06. The highest BCUT2D eigenvalue weighted by molar-refractivity contribution is 7.92. The van der Waals surface area contributed by atoms with E-state index < -0.39 is 32.7 Å². The number of nitrogens with zero attached hydrogens (tertiary/aromatic N) is 2. The van der Waals surface area contributed by atoms with E-state index in [4.69, 9.17) is 9.15 Å². The third kappa shape index (κ3) is 7.76. The molecule has 12 heteroatoms. The van der Waals surface area contributed by atoms with Crippen LogP contribution in [0.1, 0.15) is 45.0 Å². The second kappa shape index (κ2) is 14.5. The van der Waals surface area contributed by atoms with Crippen molar-refractivity contribution in [1.29, 1.82) is 0 Å². The van der Waals surface area contributed by atoms with Crippen LogP contribution in [0.2, 0.25) is 0 Å². The minimum absolute atomic E-state index is 0.0238. The normalized spacial score (nSPS) is 14.9. The van der Waals surface area contributed by atoms with Gasteiger partial charge in [-0.25, -0.2) is 18.2 Å². The van der Waals surface area contributed by atoms with E-state index in [9.17, 15) is 22.8 Å². The van der Waals surface area contributed by atoms with Gasteiger partial charge in [-0.1, -0.05) is 66.7 Å². The second-order valence-corrected chi connectivity index (χ2v) is 13.0. The predicted octanol–water partition coefficient (Wildman–Crippen LogP) is 3.81. The number of aromatic nitrogens is 1. The lowest BCUT2D eigenvalue weighted by atomic mass is 9.91. The molecule has 2 heterocycles. The number of fused-ring (bicyclic) bond motifs is 1. The molecule has 0 saturated carbocycles. The van der Waals surface area contributed by atoms with Crippen molar-refractivity contribution in [3.63, 3.8) is 0 Å². The summed E-state index contributed by atoms with van der Waals surface area (Å²) in [5, 5.41) is 3.92.